The number of benzene rings is 1. The van der Waals surface area contributed by atoms with Crippen molar-refractivity contribution in [2.45, 2.75) is 38.6 Å². The van der Waals surface area contributed by atoms with Crippen LogP contribution in [0.2, 0.25) is 0 Å². The minimum Gasteiger partial charge on any atom is -0.397 e. The molecule has 1 saturated carbocycles. The Bertz CT molecular complexity index is 384. The van der Waals surface area contributed by atoms with Gasteiger partial charge in [-0.05, 0) is 49.8 Å². The van der Waals surface area contributed by atoms with Gasteiger partial charge in [0.2, 0.25) is 0 Å². The van der Waals surface area contributed by atoms with Crippen molar-refractivity contribution in [1.29, 1.82) is 0 Å². The highest BCUT2D eigenvalue weighted by Gasteiger charge is 2.23. The van der Waals surface area contributed by atoms with Crippen molar-refractivity contribution < 1.29 is 4.39 Å². The average Bonchev–Trinajstić information content (AvgIpc) is 2.32. The first-order valence-electron chi connectivity index (χ1n) is 6.36. The molecule has 2 nitrogen and oxygen atoms in total. The summed E-state index contributed by atoms with van der Waals surface area (Å²) in [5, 5.41) is 0. The summed E-state index contributed by atoms with van der Waals surface area (Å²) in [4.78, 5) is 2.14. The van der Waals surface area contributed by atoms with E-state index >= 15 is 0 Å². The lowest BCUT2D eigenvalue weighted by Gasteiger charge is -2.35. The van der Waals surface area contributed by atoms with E-state index in [4.69, 9.17) is 5.73 Å². The number of hydrogen-bond donors (Lipinski definition) is 1. The fraction of sp³-hybridized carbons (Fsp3) is 0.571. The predicted octanol–water partition coefficient (Wildman–Crippen LogP) is 3.42. The summed E-state index contributed by atoms with van der Waals surface area (Å²) in [5.74, 6) is 0.606. The lowest BCUT2D eigenvalue weighted by molar-refractivity contribution is 0.341. The van der Waals surface area contributed by atoms with Gasteiger partial charge in [-0.15, -0.1) is 0 Å². The second-order valence-corrected chi connectivity index (χ2v) is 5.23. The standard InChI is InChI=1S/C14H21FN2/c1-10-3-6-12(7-4-10)17(2)14-9-11(15)5-8-13(14)16/h5,8-10,12H,3-4,6-7,16H2,1-2H3. The number of rotatable bonds is 2. The van der Waals surface area contributed by atoms with E-state index in [0.717, 1.165) is 11.6 Å². The van der Waals surface area contributed by atoms with Crippen LogP contribution in [-0.2, 0) is 0 Å². The Balaban J connectivity index is 2.13. The molecule has 0 aromatic heterocycles. The molecule has 0 atom stereocenters. The third-order valence-corrected chi connectivity index (χ3v) is 3.91. The second-order valence-electron chi connectivity index (χ2n) is 5.23. The lowest BCUT2D eigenvalue weighted by Crippen LogP contribution is -2.35. The molecule has 2 N–H and O–H groups in total. The summed E-state index contributed by atoms with van der Waals surface area (Å²) in [5.41, 5.74) is 7.40. The minimum atomic E-state index is -0.217. The Morgan fingerprint density at radius 1 is 1.24 bits per heavy atom. The largest absolute Gasteiger partial charge is 0.397 e. The van der Waals surface area contributed by atoms with Gasteiger partial charge in [0, 0.05) is 13.1 Å². The van der Waals surface area contributed by atoms with E-state index in [2.05, 4.69) is 11.8 Å². The molecule has 1 aliphatic carbocycles. The molecule has 1 aliphatic rings. The van der Waals surface area contributed by atoms with Gasteiger partial charge in [-0.3, -0.25) is 0 Å². The molecule has 0 saturated heterocycles. The smallest absolute Gasteiger partial charge is 0.125 e. The monoisotopic (exact) mass is 236 g/mol. The Labute approximate surface area is 103 Å². The van der Waals surface area contributed by atoms with Crippen LogP contribution < -0.4 is 10.6 Å². The van der Waals surface area contributed by atoms with Crippen LogP contribution in [-0.4, -0.2) is 13.1 Å². The highest BCUT2D eigenvalue weighted by Crippen LogP contribution is 2.32. The lowest BCUT2D eigenvalue weighted by atomic mass is 9.86. The van der Waals surface area contributed by atoms with Crippen molar-refractivity contribution in [1.82, 2.24) is 0 Å². The van der Waals surface area contributed by atoms with E-state index < -0.39 is 0 Å². The molecule has 0 bridgehead atoms. The van der Waals surface area contributed by atoms with E-state index in [1.54, 1.807) is 6.07 Å². The molecule has 2 rings (SSSR count). The van der Waals surface area contributed by atoms with Gasteiger partial charge in [-0.2, -0.15) is 0 Å². The summed E-state index contributed by atoms with van der Waals surface area (Å²) in [7, 11) is 2.02. The maximum absolute atomic E-state index is 13.3. The molecule has 0 unspecified atom stereocenters. The quantitative estimate of drug-likeness (QED) is 0.797. The molecule has 1 aromatic rings. The van der Waals surface area contributed by atoms with Gasteiger partial charge >= 0.3 is 0 Å². The maximum atomic E-state index is 13.3. The third kappa shape index (κ3) is 2.71. The van der Waals surface area contributed by atoms with Crippen molar-refractivity contribution in [2.75, 3.05) is 17.7 Å². The van der Waals surface area contributed by atoms with E-state index in [-0.39, 0.29) is 5.82 Å². The molecular formula is C14H21FN2. The Morgan fingerprint density at radius 2 is 1.88 bits per heavy atom. The summed E-state index contributed by atoms with van der Waals surface area (Å²) in [6.45, 7) is 2.30. The van der Waals surface area contributed by atoms with E-state index in [1.165, 1.54) is 37.8 Å². The Hall–Kier alpha value is -1.25. The zero-order valence-electron chi connectivity index (χ0n) is 10.6. The van der Waals surface area contributed by atoms with Crippen LogP contribution in [0, 0.1) is 11.7 Å². The first-order chi connectivity index (χ1) is 8.08. The molecule has 0 aliphatic heterocycles. The predicted molar refractivity (Wildman–Crippen MR) is 70.6 cm³/mol. The van der Waals surface area contributed by atoms with Crippen LogP contribution in [0.25, 0.3) is 0 Å². The maximum Gasteiger partial charge on any atom is 0.125 e. The van der Waals surface area contributed by atoms with Crippen molar-refractivity contribution in [3.63, 3.8) is 0 Å². The van der Waals surface area contributed by atoms with E-state index in [0.29, 0.717) is 11.7 Å². The van der Waals surface area contributed by atoms with Crippen molar-refractivity contribution in [3.05, 3.63) is 24.0 Å². The average molecular weight is 236 g/mol. The fourth-order valence-corrected chi connectivity index (χ4v) is 2.65. The molecule has 0 heterocycles. The van der Waals surface area contributed by atoms with Gasteiger partial charge in [-0.1, -0.05) is 6.92 Å². The van der Waals surface area contributed by atoms with Crippen LogP contribution in [0.15, 0.2) is 18.2 Å². The first kappa shape index (κ1) is 12.2. The summed E-state index contributed by atoms with van der Waals surface area (Å²) in [6.07, 6.45) is 4.86. The summed E-state index contributed by atoms with van der Waals surface area (Å²) < 4.78 is 13.3. The number of hydrogen-bond acceptors (Lipinski definition) is 2. The molecule has 0 amide bonds. The number of anilines is 2. The van der Waals surface area contributed by atoms with Crippen LogP contribution >= 0.6 is 0 Å². The molecule has 1 aromatic carbocycles. The molecule has 1 fully saturated rings. The Morgan fingerprint density at radius 3 is 2.53 bits per heavy atom. The molecule has 0 spiro atoms. The highest BCUT2D eigenvalue weighted by atomic mass is 19.1. The fourth-order valence-electron chi connectivity index (χ4n) is 2.65. The van der Waals surface area contributed by atoms with Crippen LogP contribution in [0.3, 0.4) is 0 Å². The number of nitrogen functional groups attached to an aromatic ring is 1. The van der Waals surface area contributed by atoms with Crippen molar-refractivity contribution >= 4 is 11.4 Å². The Kier molecular flexibility index (Phi) is 3.55. The van der Waals surface area contributed by atoms with E-state index in [1.807, 2.05) is 7.05 Å². The number of halogens is 1. The molecule has 3 heteroatoms. The van der Waals surface area contributed by atoms with Crippen LogP contribution in [0.4, 0.5) is 15.8 Å². The van der Waals surface area contributed by atoms with Gasteiger partial charge in [0.25, 0.3) is 0 Å². The molecular weight excluding hydrogens is 215 g/mol. The van der Waals surface area contributed by atoms with E-state index in [9.17, 15) is 4.39 Å². The SMILES string of the molecule is CC1CCC(N(C)c2cc(F)ccc2N)CC1. The zero-order valence-corrected chi connectivity index (χ0v) is 10.6. The van der Waals surface area contributed by atoms with Gasteiger partial charge in [0.1, 0.15) is 5.82 Å². The first-order valence-corrected chi connectivity index (χ1v) is 6.36. The van der Waals surface area contributed by atoms with Crippen LogP contribution in [0.5, 0.6) is 0 Å². The zero-order chi connectivity index (χ0) is 12.4. The molecule has 17 heavy (non-hydrogen) atoms. The summed E-state index contributed by atoms with van der Waals surface area (Å²) in [6, 6.07) is 5.09. The third-order valence-electron chi connectivity index (χ3n) is 3.91. The summed E-state index contributed by atoms with van der Waals surface area (Å²) >= 11 is 0. The second kappa shape index (κ2) is 4.94. The van der Waals surface area contributed by atoms with Gasteiger partial charge in [-0.25, -0.2) is 4.39 Å². The van der Waals surface area contributed by atoms with Crippen LogP contribution in [0.1, 0.15) is 32.6 Å². The topological polar surface area (TPSA) is 29.3 Å². The minimum absolute atomic E-state index is 0.217. The molecule has 0 radical (unpaired) electrons. The van der Waals surface area contributed by atoms with Gasteiger partial charge < -0.3 is 10.6 Å². The normalized spacial score (nSPS) is 24.6. The molecule has 94 valence electrons. The van der Waals surface area contributed by atoms with Gasteiger partial charge in [0.05, 0.1) is 11.4 Å². The van der Waals surface area contributed by atoms with Gasteiger partial charge in [0.15, 0.2) is 0 Å². The number of nitrogens with two attached hydrogens (primary N) is 1. The van der Waals surface area contributed by atoms with Crippen molar-refractivity contribution in [2.24, 2.45) is 5.92 Å². The highest BCUT2D eigenvalue weighted by molar-refractivity contribution is 5.67. The van der Waals surface area contributed by atoms with Crippen molar-refractivity contribution in [3.8, 4) is 0 Å². The number of nitrogens with zero attached hydrogens (tertiary/aromatic N) is 1.